The number of nitrogens with zero attached hydrogens (tertiary/aromatic N) is 1. The third-order valence-corrected chi connectivity index (χ3v) is 4.32. The first kappa shape index (κ1) is 8.98. The Kier molecular flexibility index (Phi) is 3.17. The fourth-order valence-electron chi connectivity index (χ4n) is 0.459. The van der Waals surface area contributed by atoms with E-state index in [1.54, 1.807) is 6.20 Å². The molecule has 2 N–H and O–H groups in total. The number of nitrogen functional groups attached to an aromatic ring is 1. The summed E-state index contributed by atoms with van der Waals surface area (Å²) in [6.07, 6.45) is 1.75. The molecule has 0 saturated carbocycles. The average Bonchev–Trinajstić information content (AvgIpc) is 1.93. The van der Waals surface area contributed by atoms with E-state index >= 15 is 0 Å². The van der Waals surface area contributed by atoms with Gasteiger partial charge in [0.2, 0.25) is 0 Å². The van der Waals surface area contributed by atoms with Gasteiger partial charge in [0.1, 0.15) is 3.70 Å². The maximum Gasteiger partial charge on any atom is 0.125 e. The van der Waals surface area contributed by atoms with Crippen LogP contribution in [0.3, 0.4) is 0 Å². The minimum Gasteiger partial charge on any atom is -0.396 e. The summed E-state index contributed by atoms with van der Waals surface area (Å²) >= 11 is 7.61. The van der Waals surface area contributed by atoms with Gasteiger partial charge in [-0.3, -0.25) is 0 Å². The summed E-state index contributed by atoms with van der Waals surface area (Å²) in [7, 11) is 0. The molecule has 0 amide bonds. The number of anilines is 1. The lowest BCUT2D eigenvalue weighted by atomic mass is 10.4. The second-order valence-electron chi connectivity index (χ2n) is 1.62. The van der Waals surface area contributed by atoms with Crippen LogP contribution in [0.15, 0.2) is 10.7 Å². The molecule has 0 bridgehead atoms. The van der Waals surface area contributed by atoms with E-state index in [1.165, 1.54) is 0 Å². The van der Waals surface area contributed by atoms with Gasteiger partial charge in [-0.25, -0.2) is 4.98 Å². The van der Waals surface area contributed by atoms with Crippen LogP contribution < -0.4 is 5.73 Å². The van der Waals surface area contributed by atoms with Crippen molar-refractivity contribution in [3.63, 3.8) is 0 Å². The lowest BCUT2D eigenvalue weighted by Crippen LogP contribution is -1.96. The summed E-state index contributed by atoms with van der Waals surface area (Å²) in [6.45, 7) is 0. The van der Waals surface area contributed by atoms with E-state index in [0.29, 0.717) is 0 Å². The Morgan fingerprint density at radius 3 is 2.60 bits per heavy atom. The molecule has 2 nitrogen and oxygen atoms in total. The van der Waals surface area contributed by atoms with Gasteiger partial charge in [-0.15, -0.1) is 0 Å². The summed E-state index contributed by atoms with van der Waals surface area (Å²) in [5, 5.41) is 0. The first-order chi connectivity index (χ1) is 4.63. The monoisotopic (exact) mass is 424 g/mol. The smallest absolute Gasteiger partial charge is 0.125 e. The molecular formula is C5H3BrI2N2. The molecule has 0 aliphatic rings. The van der Waals surface area contributed by atoms with Crippen LogP contribution in [-0.2, 0) is 0 Å². The number of pyridine rings is 1. The van der Waals surface area contributed by atoms with Crippen LogP contribution in [0.4, 0.5) is 5.69 Å². The van der Waals surface area contributed by atoms with Gasteiger partial charge in [0.25, 0.3) is 0 Å². The van der Waals surface area contributed by atoms with E-state index in [1.807, 2.05) is 0 Å². The molecule has 54 valence electrons. The van der Waals surface area contributed by atoms with E-state index in [-0.39, 0.29) is 0 Å². The molecule has 0 aromatic carbocycles. The van der Waals surface area contributed by atoms with E-state index in [4.69, 9.17) is 5.73 Å². The lowest BCUT2D eigenvalue weighted by molar-refractivity contribution is 1.25. The lowest BCUT2D eigenvalue weighted by Gasteiger charge is -2.00. The van der Waals surface area contributed by atoms with Crippen LogP contribution in [0.25, 0.3) is 0 Å². The third kappa shape index (κ3) is 1.73. The highest BCUT2D eigenvalue weighted by Crippen LogP contribution is 2.26. The number of hydrogen-bond acceptors (Lipinski definition) is 2. The normalized spacial score (nSPS) is 9.90. The molecule has 0 fully saturated rings. The summed E-state index contributed by atoms with van der Waals surface area (Å²) in [6, 6.07) is 0. The standard InChI is InChI=1S/C5H3BrI2N2/c6-2-1-10-5(8)4(9)3(2)7/h1H,9H2. The van der Waals surface area contributed by atoms with Crippen molar-refractivity contribution in [2.24, 2.45) is 0 Å². The summed E-state index contributed by atoms with van der Waals surface area (Å²) in [5.41, 5.74) is 6.42. The number of aromatic nitrogens is 1. The van der Waals surface area contributed by atoms with Gasteiger partial charge in [-0.05, 0) is 61.1 Å². The number of rotatable bonds is 0. The largest absolute Gasteiger partial charge is 0.396 e. The molecule has 0 spiro atoms. The number of halogens is 3. The van der Waals surface area contributed by atoms with E-state index in [2.05, 4.69) is 66.1 Å². The first-order valence-corrected chi connectivity index (χ1v) is 5.33. The van der Waals surface area contributed by atoms with Crippen molar-refractivity contribution in [3.05, 3.63) is 17.9 Å². The first-order valence-electron chi connectivity index (χ1n) is 2.38. The van der Waals surface area contributed by atoms with E-state index < -0.39 is 0 Å². The van der Waals surface area contributed by atoms with Gasteiger partial charge < -0.3 is 5.73 Å². The topological polar surface area (TPSA) is 38.9 Å². The highest BCUT2D eigenvalue weighted by Gasteiger charge is 2.04. The van der Waals surface area contributed by atoms with Crippen molar-refractivity contribution in [1.29, 1.82) is 0 Å². The molecule has 0 radical (unpaired) electrons. The highest BCUT2D eigenvalue weighted by atomic mass is 127. The molecule has 0 aliphatic carbocycles. The zero-order valence-corrected chi connectivity index (χ0v) is 10.6. The Hall–Kier alpha value is 0.890. The molecule has 0 saturated heterocycles. The van der Waals surface area contributed by atoms with Crippen LogP contribution in [0, 0.1) is 7.27 Å². The highest BCUT2D eigenvalue weighted by molar-refractivity contribution is 14.1. The maximum atomic E-state index is 5.68. The second kappa shape index (κ2) is 3.53. The molecule has 5 heteroatoms. The van der Waals surface area contributed by atoms with Gasteiger partial charge in [0.15, 0.2) is 0 Å². The Bertz CT molecular complexity index is 237. The maximum absolute atomic E-state index is 5.68. The van der Waals surface area contributed by atoms with Gasteiger partial charge in [0, 0.05) is 6.20 Å². The fraction of sp³-hybridized carbons (Fsp3) is 0. The third-order valence-electron chi connectivity index (χ3n) is 0.960. The molecule has 0 atom stereocenters. The van der Waals surface area contributed by atoms with Gasteiger partial charge in [-0.1, -0.05) is 0 Å². The summed E-state index contributed by atoms with van der Waals surface area (Å²) in [5.74, 6) is 0. The van der Waals surface area contributed by atoms with Gasteiger partial charge in [-0.2, -0.15) is 0 Å². The zero-order chi connectivity index (χ0) is 7.72. The van der Waals surface area contributed by atoms with Gasteiger partial charge in [0.05, 0.1) is 13.7 Å². The van der Waals surface area contributed by atoms with Crippen molar-refractivity contribution in [2.45, 2.75) is 0 Å². The van der Waals surface area contributed by atoms with E-state index in [0.717, 1.165) is 17.4 Å². The molecule has 1 aromatic heterocycles. The Balaban J connectivity index is 3.34. The summed E-state index contributed by atoms with van der Waals surface area (Å²) < 4.78 is 2.83. The molecule has 0 aliphatic heterocycles. The Labute approximate surface area is 94.4 Å². The minimum absolute atomic E-state index is 0.746. The van der Waals surface area contributed by atoms with Crippen molar-refractivity contribution in [3.8, 4) is 0 Å². The minimum atomic E-state index is 0.746. The van der Waals surface area contributed by atoms with E-state index in [9.17, 15) is 0 Å². The molecular weight excluding hydrogens is 422 g/mol. The van der Waals surface area contributed by atoms with Crippen molar-refractivity contribution >= 4 is 66.8 Å². The van der Waals surface area contributed by atoms with Gasteiger partial charge >= 0.3 is 0 Å². The van der Waals surface area contributed by atoms with Crippen molar-refractivity contribution in [2.75, 3.05) is 5.73 Å². The average molecular weight is 425 g/mol. The van der Waals surface area contributed by atoms with Crippen LogP contribution in [0.5, 0.6) is 0 Å². The van der Waals surface area contributed by atoms with Crippen LogP contribution in [0.2, 0.25) is 0 Å². The molecule has 0 unspecified atom stereocenters. The SMILES string of the molecule is Nc1c(I)ncc(Br)c1I. The Morgan fingerprint density at radius 1 is 1.50 bits per heavy atom. The predicted octanol–water partition coefficient (Wildman–Crippen LogP) is 2.64. The molecule has 1 heterocycles. The van der Waals surface area contributed by atoms with Crippen LogP contribution in [0.1, 0.15) is 0 Å². The summed E-state index contributed by atoms with van der Waals surface area (Å²) in [4.78, 5) is 4.05. The predicted molar refractivity (Wildman–Crippen MR) is 61.8 cm³/mol. The fourth-order valence-corrected chi connectivity index (χ4v) is 2.09. The number of hydrogen-bond donors (Lipinski definition) is 1. The number of nitrogens with two attached hydrogens (primary N) is 1. The second-order valence-corrected chi connectivity index (χ2v) is 4.58. The van der Waals surface area contributed by atoms with Crippen molar-refractivity contribution in [1.82, 2.24) is 4.98 Å². The molecule has 1 rings (SSSR count). The zero-order valence-electron chi connectivity index (χ0n) is 4.74. The molecule has 10 heavy (non-hydrogen) atoms. The quantitative estimate of drug-likeness (QED) is 0.514. The Morgan fingerprint density at radius 2 is 2.10 bits per heavy atom. The van der Waals surface area contributed by atoms with Crippen LogP contribution >= 0.6 is 61.1 Å². The van der Waals surface area contributed by atoms with Crippen LogP contribution in [-0.4, -0.2) is 4.98 Å². The van der Waals surface area contributed by atoms with Crippen molar-refractivity contribution < 1.29 is 0 Å². The molecule has 1 aromatic rings.